The van der Waals surface area contributed by atoms with E-state index < -0.39 is 0 Å². The number of nitrogens with one attached hydrogen (secondary N) is 2. The Morgan fingerprint density at radius 2 is 2.28 bits per heavy atom. The van der Waals surface area contributed by atoms with Crippen molar-refractivity contribution in [1.29, 1.82) is 0 Å². The van der Waals surface area contributed by atoms with Crippen molar-refractivity contribution >= 4 is 11.6 Å². The fourth-order valence-electron chi connectivity index (χ4n) is 1.34. The van der Waals surface area contributed by atoms with Crippen LogP contribution in [0.2, 0.25) is 0 Å². The fourth-order valence-corrected chi connectivity index (χ4v) is 1.34. The van der Waals surface area contributed by atoms with E-state index in [1.807, 2.05) is 0 Å². The zero-order chi connectivity index (χ0) is 13.0. The van der Waals surface area contributed by atoms with Crippen molar-refractivity contribution in [2.45, 2.75) is 13.5 Å². The molecule has 94 valence electrons. The Morgan fingerprint density at radius 1 is 1.44 bits per heavy atom. The first-order chi connectivity index (χ1) is 8.69. The number of amides is 1. The lowest BCUT2D eigenvalue weighted by Gasteiger charge is -2.03. The molecule has 0 saturated carbocycles. The molecule has 0 fully saturated rings. The van der Waals surface area contributed by atoms with Gasteiger partial charge in [-0.1, -0.05) is 5.16 Å². The van der Waals surface area contributed by atoms with Gasteiger partial charge in [-0.3, -0.25) is 4.79 Å². The summed E-state index contributed by atoms with van der Waals surface area (Å²) in [4.78, 5) is 19.8. The molecule has 2 aromatic heterocycles. The summed E-state index contributed by atoms with van der Waals surface area (Å²) in [5.74, 6) is 0.628. The molecule has 0 aliphatic heterocycles. The minimum atomic E-state index is -0.278. The van der Waals surface area contributed by atoms with Crippen LogP contribution in [0.4, 0.5) is 5.69 Å². The molecule has 1 amide bonds. The molecule has 0 atom stereocenters. The van der Waals surface area contributed by atoms with Gasteiger partial charge in [-0.05, 0) is 12.1 Å². The second-order valence-corrected chi connectivity index (χ2v) is 3.59. The third kappa shape index (κ3) is 2.82. The summed E-state index contributed by atoms with van der Waals surface area (Å²) in [5, 5.41) is 9.26. The van der Waals surface area contributed by atoms with Crippen LogP contribution in [0.5, 0.6) is 0 Å². The van der Waals surface area contributed by atoms with Gasteiger partial charge in [0.2, 0.25) is 5.89 Å². The predicted octanol–water partition coefficient (Wildman–Crippen LogP) is 0.745. The molecule has 0 aromatic carbocycles. The van der Waals surface area contributed by atoms with Gasteiger partial charge in [-0.25, -0.2) is 4.98 Å². The van der Waals surface area contributed by atoms with Crippen LogP contribution in [0, 0.1) is 6.92 Å². The van der Waals surface area contributed by atoms with Gasteiger partial charge in [-0.15, -0.1) is 0 Å². The molecule has 0 bridgehead atoms. The molecular weight excluding hydrogens is 234 g/mol. The highest BCUT2D eigenvalue weighted by atomic mass is 16.5. The van der Waals surface area contributed by atoms with Crippen LogP contribution in [-0.4, -0.2) is 28.1 Å². The SMILES string of the molecule is CNc1ccc(C(=O)NCc2noc(C)n2)nc1. The van der Waals surface area contributed by atoms with E-state index in [-0.39, 0.29) is 12.5 Å². The monoisotopic (exact) mass is 247 g/mol. The Bertz CT molecular complexity index is 535. The zero-order valence-corrected chi connectivity index (χ0v) is 10.1. The lowest BCUT2D eigenvalue weighted by molar-refractivity contribution is 0.0944. The van der Waals surface area contributed by atoms with Gasteiger partial charge in [0, 0.05) is 14.0 Å². The topological polar surface area (TPSA) is 92.9 Å². The van der Waals surface area contributed by atoms with Gasteiger partial charge in [0.15, 0.2) is 5.82 Å². The van der Waals surface area contributed by atoms with Crippen LogP contribution < -0.4 is 10.6 Å². The van der Waals surface area contributed by atoms with E-state index in [1.54, 1.807) is 32.3 Å². The number of hydrogen-bond acceptors (Lipinski definition) is 6. The van der Waals surface area contributed by atoms with E-state index in [4.69, 9.17) is 4.52 Å². The highest BCUT2D eigenvalue weighted by Gasteiger charge is 2.08. The number of rotatable bonds is 4. The Hall–Kier alpha value is -2.44. The summed E-state index contributed by atoms with van der Waals surface area (Å²) in [5.41, 5.74) is 1.19. The number of hydrogen-bond donors (Lipinski definition) is 2. The summed E-state index contributed by atoms with van der Waals surface area (Å²) < 4.78 is 4.80. The standard InChI is InChI=1S/C11H13N5O2/c1-7-15-10(16-18-7)6-14-11(17)9-4-3-8(12-2)5-13-9/h3-5,12H,6H2,1-2H3,(H,14,17). The van der Waals surface area contributed by atoms with Crippen molar-refractivity contribution in [3.8, 4) is 0 Å². The lowest BCUT2D eigenvalue weighted by Crippen LogP contribution is -2.24. The molecule has 7 nitrogen and oxygen atoms in total. The number of aromatic nitrogens is 3. The van der Waals surface area contributed by atoms with E-state index in [2.05, 4.69) is 25.8 Å². The third-order valence-electron chi connectivity index (χ3n) is 2.26. The van der Waals surface area contributed by atoms with Gasteiger partial charge in [-0.2, -0.15) is 4.98 Å². The number of carbonyl (C=O) groups is 1. The Labute approximate surface area is 104 Å². The van der Waals surface area contributed by atoms with Crippen LogP contribution in [0.25, 0.3) is 0 Å². The average molecular weight is 247 g/mol. The highest BCUT2D eigenvalue weighted by Crippen LogP contribution is 2.04. The first kappa shape index (κ1) is 12.0. The van der Waals surface area contributed by atoms with Crippen molar-refractivity contribution in [2.75, 3.05) is 12.4 Å². The Balaban J connectivity index is 1.94. The maximum absolute atomic E-state index is 11.7. The molecule has 2 aromatic rings. The number of nitrogens with zero attached hydrogens (tertiary/aromatic N) is 3. The molecule has 2 N–H and O–H groups in total. The summed E-state index contributed by atoms with van der Waals surface area (Å²) in [6.45, 7) is 1.90. The van der Waals surface area contributed by atoms with Crippen LogP contribution in [0.3, 0.4) is 0 Å². The number of pyridine rings is 1. The first-order valence-electron chi connectivity index (χ1n) is 5.40. The number of aryl methyl sites for hydroxylation is 1. The quantitative estimate of drug-likeness (QED) is 0.828. The zero-order valence-electron chi connectivity index (χ0n) is 10.1. The molecule has 7 heteroatoms. The predicted molar refractivity (Wildman–Crippen MR) is 64.0 cm³/mol. The second-order valence-electron chi connectivity index (χ2n) is 3.59. The molecule has 0 aliphatic rings. The van der Waals surface area contributed by atoms with E-state index in [0.717, 1.165) is 5.69 Å². The molecule has 2 rings (SSSR count). The van der Waals surface area contributed by atoms with Gasteiger partial charge in [0.05, 0.1) is 18.4 Å². The lowest BCUT2D eigenvalue weighted by atomic mass is 10.3. The molecule has 0 radical (unpaired) electrons. The van der Waals surface area contributed by atoms with Gasteiger partial charge in [0.1, 0.15) is 5.69 Å². The van der Waals surface area contributed by atoms with Gasteiger partial charge >= 0.3 is 0 Å². The molecule has 2 heterocycles. The fraction of sp³-hybridized carbons (Fsp3) is 0.273. The molecule has 0 unspecified atom stereocenters. The summed E-state index contributed by atoms with van der Waals surface area (Å²) in [7, 11) is 1.79. The summed E-state index contributed by atoms with van der Waals surface area (Å²) in [6, 6.07) is 3.42. The van der Waals surface area contributed by atoms with Crippen LogP contribution >= 0.6 is 0 Å². The Morgan fingerprint density at radius 3 is 2.83 bits per heavy atom. The summed E-state index contributed by atoms with van der Waals surface area (Å²) >= 11 is 0. The molecule has 0 saturated heterocycles. The molecule has 18 heavy (non-hydrogen) atoms. The largest absolute Gasteiger partial charge is 0.387 e. The summed E-state index contributed by atoms with van der Waals surface area (Å²) in [6.07, 6.45) is 1.59. The molecule has 0 spiro atoms. The number of carbonyl (C=O) groups excluding carboxylic acids is 1. The smallest absolute Gasteiger partial charge is 0.270 e. The highest BCUT2D eigenvalue weighted by molar-refractivity contribution is 5.92. The van der Waals surface area contributed by atoms with Crippen LogP contribution in [0.1, 0.15) is 22.2 Å². The van der Waals surface area contributed by atoms with Crippen molar-refractivity contribution in [2.24, 2.45) is 0 Å². The maximum atomic E-state index is 11.7. The average Bonchev–Trinajstić information content (AvgIpc) is 2.82. The normalized spacial score (nSPS) is 10.1. The van der Waals surface area contributed by atoms with E-state index >= 15 is 0 Å². The van der Waals surface area contributed by atoms with E-state index in [0.29, 0.717) is 17.4 Å². The van der Waals surface area contributed by atoms with Crippen molar-refractivity contribution < 1.29 is 9.32 Å². The Kier molecular flexibility index (Phi) is 3.52. The minimum absolute atomic E-state index is 0.214. The number of anilines is 1. The van der Waals surface area contributed by atoms with Crippen molar-refractivity contribution in [3.05, 3.63) is 35.7 Å². The minimum Gasteiger partial charge on any atom is -0.387 e. The van der Waals surface area contributed by atoms with E-state index in [1.165, 1.54) is 0 Å². The van der Waals surface area contributed by atoms with Crippen LogP contribution in [0.15, 0.2) is 22.9 Å². The third-order valence-corrected chi connectivity index (χ3v) is 2.26. The second kappa shape index (κ2) is 5.26. The molecule has 0 aliphatic carbocycles. The van der Waals surface area contributed by atoms with Gasteiger partial charge < -0.3 is 15.2 Å². The van der Waals surface area contributed by atoms with E-state index in [9.17, 15) is 4.79 Å². The maximum Gasteiger partial charge on any atom is 0.270 e. The van der Waals surface area contributed by atoms with Crippen molar-refractivity contribution in [3.63, 3.8) is 0 Å². The van der Waals surface area contributed by atoms with Crippen LogP contribution in [-0.2, 0) is 6.54 Å². The van der Waals surface area contributed by atoms with Gasteiger partial charge in [0.25, 0.3) is 5.91 Å². The first-order valence-corrected chi connectivity index (χ1v) is 5.40. The van der Waals surface area contributed by atoms with Crippen molar-refractivity contribution in [1.82, 2.24) is 20.4 Å². The molecular formula is C11H13N5O2.